The van der Waals surface area contributed by atoms with Gasteiger partial charge in [0.2, 0.25) is 0 Å². The molecule has 0 unspecified atom stereocenters. The average molecular weight is 353 g/mol. The van der Waals surface area contributed by atoms with E-state index in [2.05, 4.69) is 38.1 Å². The van der Waals surface area contributed by atoms with Crippen LogP contribution in [0.5, 0.6) is 11.5 Å². The lowest BCUT2D eigenvalue weighted by molar-refractivity contribution is 0.0729. The summed E-state index contributed by atoms with van der Waals surface area (Å²) < 4.78 is 10.6. The molecular weight excluding hydrogens is 326 g/mol. The Morgan fingerprint density at radius 3 is 2.23 bits per heavy atom. The third-order valence-corrected chi connectivity index (χ3v) is 4.88. The highest BCUT2D eigenvalue weighted by molar-refractivity contribution is 5.95. The second kappa shape index (κ2) is 7.81. The average Bonchev–Trinajstić information content (AvgIpc) is 3.50. The summed E-state index contributed by atoms with van der Waals surface area (Å²) >= 11 is 0. The zero-order valence-corrected chi connectivity index (χ0v) is 16.0. The Kier molecular flexibility index (Phi) is 5.50. The number of methoxy groups -OCH3 is 2. The molecule has 138 valence electrons. The van der Waals surface area contributed by atoms with Crippen molar-refractivity contribution in [3.05, 3.63) is 59.2 Å². The molecule has 0 aromatic heterocycles. The van der Waals surface area contributed by atoms with E-state index < -0.39 is 0 Å². The Balaban J connectivity index is 1.80. The first-order valence-corrected chi connectivity index (χ1v) is 9.15. The molecule has 1 fully saturated rings. The van der Waals surface area contributed by atoms with Gasteiger partial charge in [-0.15, -0.1) is 0 Å². The van der Waals surface area contributed by atoms with E-state index in [9.17, 15) is 4.79 Å². The van der Waals surface area contributed by atoms with E-state index in [1.807, 2.05) is 4.90 Å². The van der Waals surface area contributed by atoms with Gasteiger partial charge < -0.3 is 14.4 Å². The van der Waals surface area contributed by atoms with Gasteiger partial charge in [-0.2, -0.15) is 0 Å². The lowest BCUT2D eigenvalue weighted by Gasteiger charge is -2.23. The first-order valence-electron chi connectivity index (χ1n) is 9.15. The predicted octanol–water partition coefficient (Wildman–Crippen LogP) is 4.63. The van der Waals surface area contributed by atoms with Crippen LogP contribution in [0.15, 0.2) is 42.5 Å². The van der Waals surface area contributed by atoms with Crippen LogP contribution in [0.4, 0.5) is 0 Å². The second-order valence-electron chi connectivity index (χ2n) is 7.13. The topological polar surface area (TPSA) is 38.8 Å². The SMILES string of the molecule is COc1ccc(C(=O)N(Cc2ccc(C(C)C)cc2)C2CC2)cc1OC. The molecule has 0 atom stereocenters. The number of nitrogens with zero attached hydrogens (tertiary/aromatic N) is 1. The molecule has 0 spiro atoms. The minimum absolute atomic E-state index is 0.0430. The van der Waals surface area contributed by atoms with Gasteiger partial charge in [0.1, 0.15) is 0 Å². The number of benzene rings is 2. The van der Waals surface area contributed by atoms with E-state index in [-0.39, 0.29) is 5.91 Å². The van der Waals surface area contributed by atoms with Gasteiger partial charge in [-0.25, -0.2) is 0 Å². The summed E-state index contributed by atoms with van der Waals surface area (Å²) in [5.41, 5.74) is 3.11. The van der Waals surface area contributed by atoms with Crippen LogP contribution in [-0.2, 0) is 6.54 Å². The van der Waals surface area contributed by atoms with Crippen molar-refractivity contribution in [1.82, 2.24) is 4.90 Å². The summed E-state index contributed by atoms with van der Waals surface area (Å²) in [7, 11) is 3.18. The zero-order chi connectivity index (χ0) is 18.7. The summed E-state index contributed by atoms with van der Waals surface area (Å²) in [5, 5.41) is 0. The molecule has 3 rings (SSSR count). The van der Waals surface area contributed by atoms with Crippen LogP contribution in [0.1, 0.15) is 54.1 Å². The number of rotatable bonds is 7. The Morgan fingerprint density at radius 1 is 1.04 bits per heavy atom. The third-order valence-electron chi connectivity index (χ3n) is 4.88. The number of carbonyl (C=O) groups excluding carboxylic acids is 1. The number of hydrogen-bond acceptors (Lipinski definition) is 3. The van der Waals surface area contributed by atoms with Crippen LogP contribution < -0.4 is 9.47 Å². The number of carbonyl (C=O) groups is 1. The van der Waals surface area contributed by atoms with Gasteiger partial charge in [0, 0.05) is 18.2 Å². The van der Waals surface area contributed by atoms with Gasteiger partial charge in [0.25, 0.3) is 5.91 Å². The van der Waals surface area contributed by atoms with Gasteiger partial charge in [0.05, 0.1) is 14.2 Å². The smallest absolute Gasteiger partial charge is 0.254 e. The molecule has 1 aliphatic carbocycles. The number of hydrogen-bond donors (Lipinski definition) is 0. The zero-order valence-electron chi connectivity index (χ0n) is 16.0. The molecular formula is C22H27NO3. The lowest BCUT2D eigenvalue weighted by atomic mass is 10.0. The standard InChI is InChI=1S/C22H27NO3/c1-15(2)17-7-5-16(6-8-17)14-23(19-10-11-19)22(24)18-9-12-20(25-3)21(13-18)26-4/h5-9,12-13,15,19H,10-11,14H2,1-4H3. The monoisotopic (exact) mass is 353 g/mol. The van der Waals surface area contributed by atoms with Crippen molar-refractivity contribution in [3.63, 3.8) is 0 Å². The molecule has 1 aliphatic rings. The predicted molar refractivity (Wildman–Crippen MR) is 103 cm³/mol. The van der Waals surface area contributed by atoms with Gasteiger partial charge in [-0.05, 0) is 48.1 Å². The van der Waals surface area contributed by atoms with Gasteiger partial charge in [0.15, 0.2) is 11.5 Å². The molecule has 0 radical (unpaired) electrons. The Hall–Kier alpha value is -2.49. The molecule has 4 heteroatoms. The fourth-order valence-electron chi connectivity index (χ4n) is 3.09. The van der Waals surface area contributed by atoms with E-state index in [1.54, 1.807) is 32.4 Å². The minimum Gasteiger partial charge on any atom is -0.493 e. The first-order chi connectivity index (χ1) is 12.5. The van der Waals surface area contributed by atoms with Gasteiger partial charge >= 0.3 is 0 Å². The van der Waals surface area contributed by atoms with Crippen molar-refractivity contribution in [2.45, 2.75) is 45.2 Å². The van der Waals surface area contributed by atoms with Crippen molar-refractivity contribution < 1.29 is 14.3 Å². The maximum atomic E-state index is 13.1. The highest BCUT2D eigenvalue weighted by Crippen LogP contribution is 2.32. The molecule has 0 N–H and O–H groups in total. The molecule has 0 heterocycles. The molecule has 26 heavy (non-hydrogen) atoms. The molecule has 0 bridgehead atoms. The van der Waals surface area contributed by atoms with Crippen LogP contribution in [0.25, 0.3) is 0 Å². The summed E-state index contributed by atoms with van der Waals surface area (Å²) in [6.45, 7) is 5.01. The molecule has 1 saturated carbocycles. The second-order valence-corrected chi connectivity index (χ2v) is 7.13. The number of amides is 1. The lowest BCUT2D eigenvalue weighted by Crippen LogP contribution is -2.32. The van der Waals surface area contributed by atoms with Gasteiger partial charge in [-0.1, -0.05) is 38.1 Å². The van der Waals surface area contributed by atoms with Crippen LogP contribution in [0.3, 0.4) is 0 Å². The molecule has 0 aliphatic heterocycles. The largest absolute Gasteiger partial charge is 0.493 e. The fraction of sp³-hybridized carbons (Fsp3) is 0.409. The maximum Gasteiger partial charge on any atom is 0.254 e. The highest BCUT2D eigenvalue weighted by atomic mass is 16.5. The van der Waals surface area contributed by atoms with Crippen molar-refractivity contribution in [3.8, 4) is 11.5 Å². The van der Waals surface area contributed by atoms with Crippen molar-refractivity contribution in [2.24, 2.45) is 0 Å². The van der Waals surface area contributed by atoms with Gasteiger partial charge in [-0.3, -0.25) is 4.79 Å². The van der Waals surface area contributed by atoms with Crippen LogP contribution in [0.2, 0.25) is 0 Å². The maximum absolute atomic E-state index is 13.1. The molecule has 4 nitrogen and oxygen atoms in total. The van der Waals surface area contributed by atoms with Crippen molar-refractivity contribution in [1.29, 1.82) is 0 Å². The summed E-state index contributed by atoms with van der Waals surface area (Å²) in [6, 6.07) is 14.3. The van der Waals surface area contributed by atoms with Crippen molar-refractivity contribution in [2.75, 3.05) is 14.2 Å². The Morgan fingerprint density at radius 2 is 1.69 bits per heavy atom. The number of ether oxygens (including phenoxy) is 2. The molecule has 2 aromatic carbocycles. The van der Waals surface area contributed by atoms with Crippen LogP contribution in [0, 0.1) is 0 Å². The third kappa shape index (κ3) is 4.01. The van der Waals surface area contributed by atoms with E-state index in [0.29, 0.717) is 35.6 Å². The first kappa shape index (κ1) is 18.3. The Bertz CT molecular complexity index is 763. The van der Waals surface area contributed by atoms with Crippen LogP contribution in [-0.4, -0.2) is 31.1 Å². The highest BCUT2D eigenvalue weighted by Gasteiger charge is 2.33. The summed E-state index contributed by atoms with van der Waals surface area (Å²) in [4.78, 5) is 15.1. The molecule has 0 saturated heterocycles. The van der Waals surface area contributed by atoms with Crippen LogP contribution >= 0.6 is 0 Å². The molecule has 1 amide bonds. The van der Waals surface area contributed by atoms with E-state index in [0.717, 1.165) is 18.4 Å². The normalized spacial score (nSPS) is 13.6. The summed E-state index contributed by atoms with van der Waals surface area (Å²) in [6.07, 6.45) is 2.15. The van der Waals surface area contributed by atoms with E-state index in [4.69, 9.17) is 9.47 Å². The Labute approximate surface area is 155 Å². The summed E-state index contributed by atoms with van der Waals surface area (Å²) in [5.74, 6) is 1.76. The van der Waals surface area contributed by atoms with E-state index in [1.165, 1.54) is 5.56 Å². The van der Waals surface area contributed by atoms with E-state index >= 15 is 0 Å². The minimum atomic E-state index is 0.0430. The fourth-order valence-corrected chi connectivity index (χ4v) is 3.09. The molecule has 2 aromatic rings. The quantitative estimate of drug-likeness (QED) is 0.728. The van der Waals surface area contributed by atoms with Crippen molar-refractivity contribution >= 4 is 5.91 Å².